The third kappa shape index (κ3) is 2.00. The van der Waals surface area contributed by atoms with Gasteiger partial charge in [0.2, 0.25) is 0 Å². The van der Waals surface area contributed by atoms with Crippen molar-refractivity contribution in [1.29, 1.82) is 0 Å². The van der Waals surface area contributed by atoms with Crippen LogP contribution in [0.5, 0.6) is 0 Å². The van der Waals surface area contributed by atoms with E-state index in [1.165, 1.54) is 0 Å². The summed E-state index contributed by atoms with van der Waals surface area (Å²) in [7, 11) is 0. The summed E-state index contributed by atoms with van der Waals surface area (Å²) in [6.45, 7) is 0.0971. The molecule has 0 saturated heterocycles. The van der Waals surface area contributed by atoms with E-state index in [2.05, 4.69) is 9.72 Å². The molecule has 2 aromatic heterocycles. The average Bonchev–Trinajstić information content (AvgIpc) is 2.68. The summed E-state index contributed by atoms with van der Waals surface area (Å²) in [4.78, 5) is 25.0. The highest BCUT2D eigenvalue weighted by Gasteiger charge is 2.02. The fourth-order valence-electron chi connectivity index (χ4n) is 1.35. The topological polar surface area (TPSA) is 86.7 Å². The van der Waals surface area contributed by atoms with Gasteiger partial charge in [-0.15, -0.1) is 0 Å². The molecule has 0 spiro atoms. The van der Waals surface area contributed by atoms with E-state index < -0.39 is 6.09 Å². The number of carbonyl (C=O) groups excluding carboxylic acids is 2. The lowest BCUT2D eigenvalue weighted by atomic mass is 10.3. The predicted octanol–water partition coefficient (Wildman–Crippen LogP) is 0.742. The van der Waals surface area contributed by atoms with Gasteiger partial charge in [-0.1, -0.05) is 6.07 Å². The standard InChI is InChI=1S/C10H9N3O3/c11-10(15)16-6-7-1-2-9-12-8(5-14)4-13(9)3-7/h1-5H,6H2,(H2,11,15). The van der Waals surface area contributed by atoms with Gasteiger partial charge in [-0.05, 0) is 6.07 Å². The first kappa shape index (κ1) is 10.2. The maximum absolute atomic E-state index is 10.5. The molecule has 0 atom stereocenters. The highest BCUT2D eigenvalue weighted by molar-refractivity contribution is 5.73. The van der Waals surface area contributed by atoms with Crippen molar-refractivity contribution in [3.63, 3.8) is 0 Å². The fraction of sp³-hybridized carbons (Fsp3) is 0.100. The lowest BCUT2D eigenvalue weighted by molar-refractivity contribution is 0.111. The Morgan fingerprint density at radius 1 is 1.50 bits per heavy atom. The number of pyridine rings is 1. The Bertz CT molecular complexity index is 547. The number of hydrogen-bond acceptors (Lipinski definition) is 4. The number of nitrogens with two attached hydrogens (primary N) is 1. The molecule has 1 amide bonds. The van der Waals surface area contributed by atoms with Gasteiger partial charge in [-0.3, -0.25) is 4.79 Å². The average molecular weight is 219 g/mol. The van der Waals surface area contributed by atoms with Crippen LogP contribution in [0.3, 0.4) is 0 Å². The summed E-state index contributed by atoms with van der Waals surface area (Å²) in [6.07, 6.45) is 3.17. The Hall–Kier alpha value is -2.37. The number of imidazole rings is 1. The molecule has 0 aliphatic rings. The first-order valence-corrected chi connectivity index (χ1v) is 4.54. The number of rotatable bonds is 3. The Labute approximate surface area is 90.6 Å². The van der Waals surface area contributed by atoms with E-state index in [0.717, 1.165) is 5.56 Å². The molecule has 0 aromatic carbocycles. The second kappa shape index (κ2) is 4.01. The van der Waals surface area contributed by atoms with Crippen LogP contribution in [-0.4, -0.2) is 21.8 Å². The van der Waals surface area contributed by atoms with E-state index in [0.29, 0.717) is 17.6 Å². The molecule has 16 heavy (non-hydrogen) atoms. The molecule has 2 aromatic rings. The zero-order chi connectivity index (χ0) is 11.5. The molecule has 0 unspecified atom stereocenters. The molecular weight excluding hydrogens is 210 g/mol. The van der Waals surface area contributed by atoms with Crippen LogP contribution in [0.2, 0.25) is 0 Å². The van der Waals surface area contributed by atoms with Crippen LogP contribution in [0.1, 0.15) is 16.1 Å². The maximum atomic E-state index is 10.5. The highest BCUT2D eigenvalue weighted by atomic mass is 16.5. The molecule has 2 N–H and O–H groups in total. The van der Waals surface area contributed by atoms with E-state index in [1.807, 2.05) is 0 Å². The molecular formula is C10H9N3O3. The molecule has 2 heterocycles. The summed E-state index contributed by atoms with van der Waals surface area (Å²) in [5, 5.41) is 0. The van der Waals surface area contributed by atoms with Gasteiger partial charge in [0.1, 0.15) is 17.9 Å². The molecule has 0 aliphatic heterocycles. The lowest BCUT2D eigenvalue weighted by Gasteiger charge is -2.02. The molecule has 2 rings (SSSR count). The maximum Gasteiger partial charge on any atom is 0.404 e. The van der Waals surface area contributed by atoms with Gasteiger partial charge in [-0.2, -0.15) is 0 Å². The van der Waals surface area contributed by atoms with E-state index in [1.54, 1.807) is 28.9 Å². The molecule has 0 saturated carbocycles. The zero-order valence-electron chi connectivity index (χ0n) is 8.29. The number of ether oxygens (including phenoxy) is 1. The van der Waals surface area contributed by atoms with E-state index in [4.69, 9.17) is 5.73 Å². The van der Waals surface area contributed by atoms with Crippen molar-refractivity contribution in [2.24, 2.45) is 5.73 Å². The van der Waals surface area contributed by atoms with Gasteiger partial charge in [0.05, 0.1) is 0 Å². The minimum Gasteiger partial charge on any atom is -0.445 e. The van der Waals surface area contributed by atoms with Crippen molar-refractivity contribution >= 4 is 18.0 Å². The summed E-state index contributed by atoms with van der Waals surface area (Å²) < 4.78 is 6.33. The van der Waals surface area contributed by atoms with Crippen molar-refractivity contribution in [2.75, 3.05) is 0 Å². The second-order valence-corrected chi connectivity index (χ2v) is 3.19. The number of primary amides is 1. The first-order valence-electron chi connectivity index (χ1n) is 4.54. The van der Waals surface area contributed by atoms with E-state index in [9.17, 15) is 9.59 Å². The number of aromatic nitrogens is 2. The van der Waals surface area contributed by atoms with Crippen LogP contribution in [0.4, 0.5) is 4.79 Å². The number of fused-ring (bicyclic) bond motifs is 1. The van der Waals surface area contributed by atoms with Crippen LogP contribution in [0, 0.1) is 0 Å². The molecule has 0 aliphatic carbocycles. The van der Waals surface area contributed by atoms with Crippen LogP contribution in [0.15, 0.2) is 24.5 Å². The highest BCUT2D eigenvalue weighted by Crippen LogP contribution is 2.07. The third-order valence-electron chi connectivity index (χ3n) is 2.03. The number of aldehydes is 1. The minimum atomic E-state index is -0.820. The normalized spacial score (nSPS) is 10.2. The molecule has 0 fully saturated rings. The number of amides is 1. The molecule has 6 heteroatoms. The molecule has 0 bridgehead atoms. The predicted molar refractivity (Wildman–Crippen MR) is 55.0 cm³/mol. The van der Waals surface area contributed by atoms with Gasteiger partial charge in [-0.25, -0.2) is 9.78 Å². The van der Waals surface area contributed by atoms with Gasteiger partial charge in [0.25, 0.3) is 0 Å². The van der Waals surface area contributed by atoms with Crippen molar-refractivity contribution < 1.29 is 14.3 Å². The second-order valence-electron chi connectivity index (χ2n) is 3.19. The van der Waals surface area contributed by atoms with E-state index >= 15 is 0 Å². The smallest absolute Gasteiger partial charge is 0.404 e. The van der Waals surface area contributed by atoms with Gasteiger partial charge in [0, 0.05) is 18.0 Å². The van der Waals surface area contributed by atoms with Crippen molar-refractivity contribution in [2.45, 2.75) is 6.61 Å². The van der Waals surface area contributed by atoms with Crippen LogP contribution < -0.4 is 5.73 Å². The fourth-order valence-corrected chi connectivity index (χ4v) is 1.35. The monoisotopic (exact) mass is 219 g/mol. The van der Waals surface area contributed by atoms with E-state index in [-0.39, 0.29) is 6.61 Å². The van der Waals surface area contributed by atoms with Gasteiger partial charge >= 0.3 is 6.09 Å². The van der Waals surface area contributed by atoms with Gasteiger partial charge < -0.3 is 14.9 Å². The quantitative estimate of drug-likeness (QED) is 0.771. The summed E-state index contributed by atoms with van der Waals surface area (Å²) in [5.41, 5.74) is 6.63. The minimum absolute atomic E-state index is 0.0971. The Kier molecular flexibility index (Phi) is 2.55. The Balaban J connectivity index is 2.28. The largest absolute Gasteiger partial charge is 0.445 e. The number of nitrogens with zero attached hydrogens (tertiary/aromatic N) is 2. The van der Waals surface area contributed by atoms with Crippen LogP contribution >= 0.6 is 0 Å². The molecule has 82 valence electrons. The summed E-state index contributed by atoms with van der Waals surface area (Å²) >= 11 is 0. The number of carbonyl (C=O) groups is 2. The van der Waals surface area contributed by atoms with Crippen LogP contribution in [0.25, 0.3) is 5.65 Å². The van der Waals surface area contributed by atoms with Crippen molar-refractivity contribution in [3.8, 4) is 0 Å². The first-order chi connectivity index (χ1) is 7.69. The van der Waals surface area contributed by atoms with Crippen molar-refractivity contribution in [1.82, 2.24) is 9.38 Å². The third-order valence-corrected chi connectivity index (χ3v) is 2.03. The SMILES string of the molecule is NC(=O)OCc1ccc2nc(C=O)cn2c1. The lowest BCUT2D eigenvalue weighted by Crippen LogP contribution is -2.12. The van der Waals surface area contributed by atoms with Crippen LogP contribution in [-0.2, 0) is 11.3 Å². The van der Waals surface area contributed by atoms with Crippen molar-refractivity contribution in [3.05, 3.63) is 35.8 Å². The Morgan fingerprint density at radius 2 is 2.31 bits per heavy atom. The summed E-state index contributed by atoms with van der Waals surface area (Å²) in [5.74, 6) is 0. The van der Waals surface area contributed by atoms with Gasteiger partial charge in [0.15, 0.2) is 6.29 Å². The molecule has 0 radical (unpaired) electrons. The number of hydrogen-bond donors (Lipinski definition) is 1. The Morgan fingerprint density at radius 3 is 3.00 bits per heavy atom. The summed E-state index contributed by atoms with van der Waals surface area (Å²) in [6, 6.07) is 3.48. The zero-order valence-corrected chi connectivity index (χ0v) is 8.29. The molecule has 6 nitrogen and oxygen atoms in total.